The standard InChI is InChI=1S/C47H48ClF2NO2/c1-3-46(52)53-45-25-24-39(26-41(45)30-51)47-43(49)28-40(29-44(47)50)36-19-14-33(15-20-36)7-5-4-6-32-12-17-35(18-13-32)38-23-22-37(42(48)27-38)21-16-34-10-8-31(2)9-11-34/h3,8-11,22-30,32-33,35-36,51H,1,4-7,12-15,17-20H2,2H3. The summed E-state index contributed by atoms with van der Waals surface area (Å²) in [4.78, 5) is 11.6. The van der Waals surface area contributed by atoms with Crippen LogP contribution in [0.15, 0.2) is 85.5 Å². The second kappa shape index (κ2) is 18.0. The molecule has 0 bridgehead atoms. The van der Waals surface area contributed by atoms with Crippen molar-refractivity contribution in [2.45, 2.75) is 95.8 Å². The molecule has 6 rings (SSSR count). The SMILES string of the molecule is C=CC(=O)Oc1ccc(-c2c(F)cc(C3CCC(CCCCC4CCC(c5ccc(C#Cc6ccc(C)cc6)c(Cl)c5)CC4)CC3)cc2F)cc1C=N. The summed E-state index contributed by atoms with van der Waals surface area (Å²) in [6.45, 7) is 5.44. The first kappa shape index (κ1) is 38.2. The zero-order valence-electron chi connectivity index (χ0n) is 30.5. The van der Waals surface area contributed by atoms with Crippen LogP contribution in [-0.4, -0.2) is 12.2 Å². The fraction of sp³-hybridized carbons (Fsp3) is 0.362. The molecule has 274 valence electrons. The van der Waals surface area contributed by atoms with Crippen molar-refractivity contribution in [2.75, 3.05) is 0 Å². The van der Waals surface area contributed by atoms with E-state index in [1.54, 1.807) is 0 Å². The Kier molecular flexibility index (Phi) is 13.0. The Morgan fingerprint density at radius 2 is 1.42 bits per heavy atom. The zero-order valence-corrected chi connectivity index (χ0v) is 31.3. The lowest BCUT2D eigenvalue weighted by atomic mass is 9.75. The molecule has 0 heterocycles. The number of carbonyl (C=O) groups excluding carboxylic acids is 1. The van der Waals surface area contributed by atoms with E-state index >= 15 is 8.78 Å². The molecule has 1 N–H and O–H groups in total. The number of ether oxygens (including phenoxy) is 1. The van der Waals surface area contributed by atoms with Gasteiger partial charge in [-0.05, 0) is 147 Å². The van der Waals surface area contributed by atoms with Gasteiger partial charge in [0.1, 0.15) is 17.4 Å². The fourth-order valence-corrected chi connectivity index (χ4v) is 8.50. The lowest BCUT2D eigenvalue weighted by molar-refractivity contribution is -0.128. The second-order valence-corrected chi connectivity index (χ2v) is 15.4. The van der Waals surface area contributed by atoms with Gasteiger partial charge in [0.05, 0.1) is 10.6 Å². The maximum Gasteiger partial charge on any atom is 0.335 e. The highest BCUT2D eigenvalue weighted by atomic mass is 35.5. The van der Waals surface area contributed by atoms with Gasteiger partial charge in [0, 0.05) is 29.0 Å². The quantitative estimate of drug-likeness (QED) is 0.0417. The predicted molar refractivity (Wildman–Crippen MR) is 212 cm³/mol. The van der Waals surface area contributed by atoms with Crippen LogP contribution in [0.3, 0.4) is 0 Å². The van der Waals surface area contributed by atoms with Gasteiger partial charge in [0.15, 0.2) is 0 Å². The lowest BCUT2D eigenvalue weighted by Gasteiger charge is -2.30. The average molecular weight is 732 g/mol. The zero-order chi connectivity index (χ0) is 37.3. The van der Waals surface area contributed by atoms with E-state index in [0.29, 0.717) is 17.4 Å². The van der Waals surface area contributed by atoms with Gasteiger partial charge in [-0.2, -0.15) is 0 Å². The number of carbonyl (C=O) groups is 1. The summed E-state index contributed by atoms with van der Waals surface area (Å²) in [6.07, 6.45) is 16.1. The number of halogens is 3. The largest absolute Gasteiger partial charge is 0.423 e. The smallest absolute Gasteiger partial charge is 0.335 e. The minimum atomic E-state index is -0.669. The summed E-state index contributed by atoms with van der Waals surface area (Å²) in [5, 5.41) is 8.41. The minimum absolute atomic E-state index is 0.135. The van der Waals surface area contributed by atoms with E-state index in [9.17, 15) is 4.79 Å². The molecule has 0 aliphatic heterocycles. The van der Waals surface area contributed by atoms with Crippen LogP contribution in [-0.2, 0) is 4.79 Å². The first-order valence-electron chi connectivity index (χ1n) is 19.1. The van der Waals surface area contributed by atoms with Crippen molar-refractivity contribution >= 4 is 23.8 Å². The molecule has 0 saturated heterocycles. The molecule has 6 heteroatoms. The van der Waals surface area contributed by atoms with E-state index in [1.807, 2.05) is 12.1 Å². The lowest BCUT2D eigenvalue weighted by Crippen LogP contribution is -2.15. The molecule has 0 spiro atoms. The van der Waals surface area contributed by atoms with Gasteiger partial charge in [0.25, 0.3) is 0 Å². The molecule has 0 unspecified atom stereocenters. The van der Waals surface area contributed by atoms with Gasteiger partial charge in [-0.3, -0.25) is 0 Å². The van der Waals surface area contributed by atoms with Crippen LogP contribution in [0, 0.1) is 47.6 Å². The van der Waals surface area contributed by atoms with Gasteiger partial charge in [0.2, 0.25) is 0 Å². The Labute approximate surface area is 318 Å². The summed E-state index contributed by atoms with van der Waals surface area (Å²) in [5.74, 6) is 6.89. The number of benzene rings is 4. The molecule has 0 amide bonds. The average Bonchev–Trinajstić information content (AvgIpc) is 3.17. The molecule has 2 saturated carbocycles. The Bertz CT molecular complexity index is 1970. The number of hydrogen-bond donors (Lipinski definition) is 1. The van der Waals surface area contributed by atoms with Crippen molar-refractivity contribution in [1.29, 1.82) is 5.41 Å². The van der Waals surface area contributed by atoms with E-state index in [4.69, 9.17) is 21.7 Å². The maximum absolute atomic E-state index is 15.4. The topological polar surface area (TPSA) is 50.2 Å². The second-order valence-electron chi connectivity index (χ2n) is 15.0. The van der Waals surface area contributed by atoms with Crippen LogP contribution in [0.4, 0.5) is 8.78 Å². The van der Waals surface area contributed by atoms with Gasteiger partial charge < -0.3 is 10.1 Å². The van der Waals surface area contributed by atoms with Crippen LogP contribution in [0.2, 0.25) is 5.02 Å². The molecule has 2 aliphatic rings. The van der Waals surface area contributed by atoms with Crippen LogP contribution >= 0.6 is 11.6 Å². The first-order chi connectivity index (χ1) is 25.7. The molecule has 4 aromatic rings. The number of hydrogen-bond acceptors (Lipinski definition) is 3. The fourth-order valence-electron chi connectivity index (χ4n) is 8.26. The number of nitrogens with one attached hydrogen (secondary N) is 1. The predicted octanol–water partition coefficient (Wildman–Crippen LogP) is 12.9. The summed E-state index contributed by atoms with van der Waals surface area (Å²) >= 11 is 6.67. The van der Waals surface area contributed by atoms with Crippen molar-refractivity contribution < 1.29 is 18.3 Å². The Morgan fingerprint density at radius 3 is 1.98 bits per heavy atom. The molecule has 2 aliphatic carbocycles. The summed E-state index contributed by atoms with van der Waals surface area (Å²) in [7, 11) is 0. The van der Waals surface area contributed by atoms with E-state index in [1.165, 1.54) is 92.8 Å². The highest BCUT2D eigenvalue weighted by Gasteiger charge is 2.26. The van der Waals surface area contributed by atoms with Gasteiger partial charge in [-0.15, -0.1) is 0 Å². The molecule has 0 atom stereocenters. The van der Waals surface area contributed by atoms with Crippen molar-refractivity contribution in [3.8, 4) is 28.7 Å². The molecule has 0 aromatic heterocycles. The normalized spacial score (nSPS) is 19.8. The van der Waals surface area contributed by atoms with Crippen molar-refractivity contribution in [3.05, 3.63) is 135 Å². The molecule has 4 aromatic carbocycles. The van der Waals surface area contributed by atoms with E-state index < -0.39 is 17.6 Å². The summed E-state index contributed by atoms with van der Waals surface area (Å²) in [6, 6.07) is 22.0. The van der Waals surface area contributed by atoms with Gasteiger partial charge >= 0.3 is 5.97 Å². The van der Waals surface area contributed by atoms with Crippen molar-refractivity contribution in [2.24, 2.45) is 11.8 Å². The summed E-state index contributed by atoms with van der Waals surface area (Å²) < 4.78 is 36.0. The molecule has 2 fully saturated rings. The molecule has 3 nitrogen and oxygen atoms in total. The molecular weight excluding hydrogens is 684 g/mol. The highest BCUT2D eigenvalue weighted by Crippen LogP contribution is 2.42. The maximum atomic E-state index is 15.4. The Balaban J connectivity index is 0.919. The third-order valence-electron chi connectivity index (χ3n) is 11.4. The number of esters is 1. The van der Waals surface area contributed by atoms with E-state index in [0.717, 1.165) is 60.0 Å². The monoisotopic (exact) mass is 731 g/mol. The Hall–Kier alpha value is -4.53. The summed E-state index contributed by atoms with van der Waals surface area (Å²) in [5.41, 5.74) is 5.54. The third-order valence-corrected chi connectivity index (χ3v) is 11.7. The highest BCUT2D eigenvalue weighted by molar-refractivity contribution is 6.31. The minimum Gasteiger partial charge on any atom is -0.423 e. The Morgan fingerprint density at radius 1 is 0.811 bits per heavy atom. The van der Waals surface area contributed by atoms with Crippen LogP contribution in [0.1, 0.15) is 122 Å². The third kappa shape index (κ3) is 9.92. The van der Waals surface area contributed by atoms with Crippen LogP contribution in [0.25, 0.3) is 11.1 Å². The molecule has 53 heavy (non-hydrogen) atoms. The van der Waals surface area contributed by atoms with Crippen LogP contribution < -0.4 is 4.74 Å². The van der Waals surface area contributed by atoms with Gasteiger partial charge in [-0.1, -0.05) is 85.5 Å². The van der Waals surface area contributed by atoms with Crippen LogP contribution in [0.5, 0.6) is 5.75 Å². The number of aryl methyl sites for hydroxylation is 1. The molecule has 0 radical (unpaired) electrons. The van der Waals surface area contributed by atoms with Gasteiger partial charge in [-0.25, -0.2) is 13.6 Å². The number of rotatable bonds is 11. The molecular formula is C47H48ClF2NO2. The van der Waals surface area contributed by atoms with Crippen molar-refractivity contribution in [3.63, 3.8) is 0 Å². The number of unbranched alkanes of at least 4 members (excludes halogenated alkanes) is 1. The van der Waals surface area contributed by atoms with Crippen molar-refractivity contribution in [1.82, 2.24) is 0 Å². The van der Waals surface area contributed by atoms with E-state index in [-0.39, 0.29) is 28.4 Å². The van der Waals surface area contributed by atoms with E-state index in [2.05, 4.69) is 55.7 Å². The first-order valence-corrected chi connectivity index (χ1v) is 19.4.